The minimum atomic E-state index is 0.482. The van der Waals surface area contributed by atoms with Gasteiger partial charge in [-0.2, -0.15) is 5.10 Å². The first-order valence-corrected chi connectivity index (χ1v) is 8.80. The molecule has 0 fully saturated rings. The molecule has 134 valence electrons. The molecule has 0 saturated carbocycles. The lowest BCUT2D eigenvalue weighted by Crippen LogP contribution is -2.09. The number of aromatic nitrogens is 2. The van der Waals surface area contributed by atoms with Crippen LogP contribution in [0.5, 0.6) is 0 Å². The number of rotatable bonds is 3. The van der Waals surface area contributed by atoms with Gasteiger partial charge in [0.15, 0.2) is 0 Å². The van der Waals surface area contributed by atoms with E-state index < -0.39 is 0 Å². The Morgan fingerprint density at radius 3 is 2.33 bits per heavy atom. The highest BCUT2D eigenvalue weighted by molar-refractivity contribution is 5.79. The van der Waals surface area contributed by atoms with Crippen LogP contribution in [0.4, 0.5) is 5.95 Å². The third-order valence-electron chi connectivity index (χ3n) is 4.22. The van der Waals surface area contributed by atoms with Crippen molar-refractivity contribution < 1.29 is 4.42 Å². The summed E-state index contributed by atoms with van der Waals surface area (Å²) < 4.78 is 6.11. The Kier molecular flexibility index (Phi) is 4.42. The molecule has 4 aromatic rings. The van der Waals surface area contributed by atoms with Crippen LogP contribution in [0.2, 0.25) is 0 Å². The number of hydrogen-bond donors (Lipinski definition) is 1. The molecule has 0 atom stereocenters. The molecule has 2 aromatic heterocycles. The van der Waals surface area contributed by atoms with Crippen molar-refractivity contribution in [1.29, 1.82) is 0 Å². The van der Waals surface area contributed by atoms with Crippen molar-refractivity contribution in [2.24, 2.45) is 5.10 Å². The van der Waals surface area contributed by atoms with Gasteiger partial charge in [0.2, 0.25) is 5.95 Å². The smallest absolute Gasteiger partial charge is 0.243 e. The van der Waals surface area contributed by atoms with Crippen molar-refractivity contribution in [2.45, 2.75) is 20.8 Å². The van der Waals surface area contributed by atoms with Crippen molar-refractivity contribution >= 4 is 16.9 Å². The summed E-state index contributed by atoms with van der Waals surface area (Å²) in [7, 11) is 0. The standard InChI is InChI=1S/C22H20N4O/c1-14-9-10-20-18(11-14)19(13-21(27-20)17-7-5-4-6-8-17)25-26-22-23-15(2)12-16(3)24-22/h4-13H,1-3H3,(H,23,24,26). The number of nitrogens with one attached hydrogen (secondary N) is 1. The number of anilines is 1. The third kappa shape index (κ3) is 3.72. The Hall–Kier alpha value is -3.47. The Morgan fingerprint density at radius 1 is 0.852 bits per heavy atom. The molecular formula is C22H20N4O. The van der Waals surface area contributed by atoms with Crippen LogP contribution >= 0.6 is 0 Å². The largest absolute Gasteiger partial charge is 0.456 e. The van der Waals surface area contributed by atoms with Gasteiger partial charge in [0, 0.05) is 28.4 Å². The second-order valence-electron chi connectivity index (χ2n) is 6.56. The van der Waals surface area contributed by atoms with Gasteiger partial charge in [-0.15, -0.1) is 0 Å². The van der Waals surface area contributed by atoms with Crippen LogP contribution in [-0.4, -0.2) is 9.97 Å². The summed E-state index contributed by atoms with van der Waals surface area (Å²) in [4.78, 5) is 8.78. The number of nitrogens with zero attached hydrogens (tertiary/aromatic N) is 3. The fourth-order valence-electron chi connectivity index (χ4n) is 3.01. The van der Waals surface area contributed by atoms with Crippen LogP contribution < -0.4 is 10.8 Å². The molecule has 2 heterocycles. The fourth-order valence-corrected chi connectivity index (χ4v) is 3.01. The van der Waals surface area contributed by atoms with Crippen molar-refractivity contribution in [2.75, 3.05) is 5.43 Å². The average Bonchev–Trinajstić information content (AvgIpc) is 2.66. The second-order valence-corrected chi connectivity index (χ2v) is 6.56. The Labute approximate surface area is 157 Å². The topological polar surface area (TPSA) is 63.3 Å². The van der Waals surface area contributed by atoms with Gasteiger partial charge in [-0.05, 0) is 39.0 Å². The van der Waals surface area contributed by atoms with Crippen molar-refractivity contribution in [3.8, 4) is 11.3 Å². The molecule has 0 bridgehead atoms. The van der Waals surface area contributed by atoms with E-state index in [-0.39, 0.29) is 0 Å². The molecule has 0 spiro atoms. The minimum Gasteiger partial charge on any atom is -0.456 e. The first-order valence-electron chi connectivity index (χ1n) is 8.80. The summed E-state index contributed by atoms with van der Waals surface area (Å²) in [6, 6.07) is 19.9. The summed E-state index contributed by atoms with van der Waals surface area (Å²) in [5.74, 6) is 1.24. The lowest BCUT2D eigenvalue weighted by Gasteiger charge is -2.06. The summed E-state index contributed by atoms with van der Waals surface area (Å²) in [6.07, 6.45) is 0. The molecule has 4 rings (SSSR count). The summed E-state index contributed by atoms with van der Waals surface area (Å²) in [5.41, 5.74) is 7.71. The third-order valence-corrected chi connectivity index (χ3v) is 4.22. The van der Waals surface area contributed by atoms with Crippen LogP contribution in [0, 0.1) is 20.8 Å². The molecule has 27 heavy (non-hydrogen) atoms. The van der Waals surface area contributed by atoms with Crippen molar-refractivity contribution in [3.05, 3.63) is 83.0 Å². The molecule has 2 aromatic carbocycles. The van der Waals surface area contributed by atoms with Crippen LogP contribution in [0.25, 0.3) is 22.3 Å². The fraction of sp³-hybridized carbons (Fsp3) is 0.136. The number of benzene rings is 2. The minimum absolute atomic E-state index is 0.482. The zero-order valence-corrected chi connectivity index (χ0v) is 15.5. The summed E-state index contributed by atoms with van der Waals surface area (Å²) in [5, 5.41) is 6.29. The lowest BCUT2D eigenvalue weighted by atomic mass is 10.1. The predicted molar refractivity (Wildman–Crippen MR) is 107 cm³/mol. The van der Waals surface area contributed by atoms with E-state index in [2.05, 4.69) is 33.5 Å². The Morgan fingerprint density at radius 2 is 1.59 bits per heavy atom. The zero-order valence-electron chi connectivity index (χ0n) is 15.5. The number of fused-ring (bicyclic) bond motifs is 1. The van der Waals surface area contributed by atoms with Gasteiger partial charge in [-0.1, -0.05) is 42.0 Å². The molecule has 1 N–H and O–H groups in total. The average molecular weight is 356 g/mol. The second kappa shape index (κ2) is 7.03. The first-order chi connectivity index (χ1) is 13.1. The van der Waals surface area contributed by atoms with E-state index in [1.165, 1.54) is 0 Å². The van der Waals surface area contributed by atoms with Gasteiger partial charge in [0.25, 0.3) is 0 Å². The van der Waals surface area contributed by atoms with E-state index in [1.54, 1.807) is 0 Å². The molecule has 0 saturated heterocycles. The Balaban J connectivity index is 1.87. The summed E-state index contributed by atoms with van der Waals surface area (Å²) >= 11 is 0. The van der Waals surface area contributed by atoms with Crippen LogP contribution in [0.15, 0.2) is 70.2 Å². The van der Waals surface area contributed by atoms with Crippen LogP contribution in [0.1, 0.15) is 17.0 Å². The molecule has 0 unspecified atom stereocenters. The van der Waals surface area contributed by atoms with Gasteiger partial charge in [0.05, 0.1) is 5.36 Å². The van der Waals surface area contributed by atoms with E-state index in [0.717, 1.165) is 44.6 Å². The zero-order chi connectivity index (χ0) is 18.8. The molecule has 0 aliphatic carbocycles. The molecule has 0 amide bonds. The van der Waals surface area contributed by atoms with E-state index in [0.29, 0.717) is 5.95 Å². The van der Waals surface area contributed by atoms with E-state index in [9.17, 15) is 0 Å². The summed E-state index contributed by atoms with van der Waals surface area (Å²) in [6.45, 7) is 5.93. The van der Waals surface area contributed by atoms with Gasteiger partial charge in [-0.25, -0.2) is 15.4 Å². The highest BCUT2D eigenvalue weighted by Crippen LogP contribution is 2.22. The monoisotopic (exact) mass is 356 g/mol. The van der Waals surface area contributed by atoms with Gasteiger partial charge in [-0.3, -0.25) is 0 Å². The maximum Gasteiger partial charge on any atom is 0.243 e. The molecule has 0 aliphatic heterocycles. The maximum absolute atomic E-state index is 6.11. The maximum atomic E-state index is 6.11. The lowest BCUT2D eigenvalue weighted by molar-refractivity contribution is 0.618. The van der Waals surface area contributed by atoms with Gasteiger partial charge < -0.3 is 4.42 Å². The molecule has 0 aliphatic rings. The number of hydrogen-bond acceptors (Lipinski definition) is 5. The van der Waals surface area contributed by atoms with Crippen LogP contribution in [0.3, 0.4) is 0 Å². The molecule has 0 radical (unpaired) electrons. The molecular weight excluding hydrogens is 336 g/mol. The van der Waals surface area contributed by atoms with E-state index >= 15 is 0 Å². The SMILES string of the molecule is Cc1ccc2oc(-c3ccccc3)cc(=NNc3nc(C)cc(C)n3)c2c1. The molecule has 5 heteroatoms. The number of aryl methyl sites for hydroxylation is 3. The highest BCUT2D eigenvalue weighted by atomic mass is 16.3. The Bertz CT molecular complexity index is 1160. The van der Waals surface area contributed by atoms with Gasteiger partial charge >= 0.3 is 0 Å². The van der Waals surface area contributed by atoms with Crippen molar-refractivity contribution in [3.63, 3.8) is 0 Å². The molecule has 5 nitrogen and oxygen atoms in total. The highest BCUT2D eigenvalue weighted by Gasteiger charge is 2.06. The van der Waals surface area contributed by atoms with E-state index in [4.69, 9.17) is 4.42 Å². The normalized spacial score (nSPS) is 11.7. The van der Waals surface area contributed by atoms with Crippen molar-refractivity contribution in [1.82, 2.24) is 9.97 Å². The van der Waals surface area contributed by atoms with Crippen LogP contribution in [-0.2, 0) is 0 Å². The first kappa shape index (κ1) is 17.0. The predicted octanol–water partition coefficient (Wildman–Crippen LogP) is 4.74. The quantitative estimate of drug-likeness (QED) is 0.538. The van der Waals surface area contributed by atoms with E-state index in [1.807, 2.05) is 68.4 Å². The van der Waals surface area contributed by atoms with Gasteiger partial charge in [0.1, 0.15) is 11.3 Å².